The number of nitrogens with zero attached hydrogens (tertiary/aromatic N) is 2. The van der Waals surface area contributed by atoms with E-state index in [0.29, 0.717) is 17.8 Å². The highest BCUT2D eigenvalue weighted by Gasteiger charge is 2.44. The molecule has 3 aliphatic rings. The van der Waals surface area contributed by atoms with Gasteiger partial charge in [-0.25, -0.2) is 0 Å². The molecule has 0 bridgehead atoms. The quantitative estimate of drug-likeness (QED) is 0.613. The van der Waals surface area contributed by atoms with E-state index >= 15 is 0 Å². The summed E-state index contributed by atoms with van der Waals surface area (Å²) in [5.41, 5.74) is 2.32. The van der Waals surface area contributed by atoms with E-state index in [-0.39, 0.29) is 29.6 Å². The molecular formula is C27H30N4O3S. The van der Waals surface area contributed by atoms with Crippen LogP contribution in [-0.2, 0) is 15.0 Å². The third-order valence-electron chi connectivity index (χ3n) is 6.96. The largest absolute Gasteiger partial charge is 0.351 e. The van der Waals surface area contributed by atoms with Gasteiger partial charge in [0.2, 0.25) is 5.91 Å². The lowest BCUT2D eigenvalue weighted by Crippen LogP contribution is -2.33. The number of hydrogen-bond donors (Lipinski definition) is 2. The van der Waals surface area contributed by atoms with Crippen molar-refractivity contribution in [3.05, 3.63) is 65.7 Å². The van der Waals surface area contributed by atoms with Crippen molar-refractivity contribution in [2.75, 3.05) is 25.0 Å². The van der Waals surface area contributed by atoms with Gasteiger partial charge in [-0.2, -0.15) is 4.99 Å². The van der Waals surface area contributed by atoms with Crippen molar-refractivity contribution >= 4 is 40.3 Å². The number of rotatable bonds is 7. The molecule has 8 heteroatoms. The second-order valence-corrected chi connectivity index (χ2v) is 10.7. The lowest BCUT2D eigenvalue weighted by atomic mass is 9.96. The van der Waals surface area contributed by atoms with Crippen molar-refractivity contribution in [2.45, 2.75) is 49.2 Å². The third-order valence-corrected chi connectivity index (χ3v) is 8.18. The number of hydrogen-bond acceptors (Lipinski definition) is 5. The number of likely N-dealkylation sites (tertiary alicyclic amines) is 1. The van der Waals surface area contributed by atoms with Crippen LogP contribution in [0.3, 0.4) is 0 Å². The summed E-state index contributed by atoms with van der Waals surface area (Å²) in [5.74, 6) is -0.666. The zero-order valence-corrected chi connectivity index (χ0v) is 20.5. The van der Waals surface area contributed by atoms with Crippen LogP contribution >= 0.6 is 11.8 Å². The standard InChI is InChI=1S/C27H30N4O3S/c32-23(17-22-25(34)30-26(35-22)31-14-5-2-6-15-31)29-21-11-7-8-19(16-21)24(33)28-18-27(12-13-27)20-9-3-1-4-10-20/h1,3-4,7-11,16,22H,2,5-6,12-15,17-18H2,(H,28,33)(H,29,32)/t22-/m1/s1. The minimum Gasteiger partial charge on any atom is -0.351 e. The number of carbonyl (C=O) groups excluding carboxylic acids is 3. The lowest BCUT2D eigenvalue weighted by Gasteiger charge is -2.27. The van der Waals surface area contributed by atoms with E-state index in [0.717, 1.165) is 43.9 Å². The Morgan fingerprint density at radius 2 is 1.80 bits per heavy atom. The van der Waals surface area contributed by atoms with Gasteiger partial charge in [0.25, 0.3) is 11.8 Å². The highest BCUT2D eigenvalue weighted by molar-refractivity contribution is 8.15. The average Bonchev–Trinajstić information content (AvgIpc) is 3.60. The van der Waals surface area contributed by atoms with Crippen LogP contribution in [0.4, 0.5) is 5.69 Å². The molecule has 7 nitrogen and oxygen atoms in total. The maximum Gasteiger partial charge on any atom is 0.262 e. The van der Waals surface area contributed by atoms with Crippen LogP contribution < -0.4 is 10.6 Å². The minimum absolute atomic E-state index is 0.0311. The van der Waals surface area contributed by atoms with Gasteiger partial charge in [0.05, 0.1) is 0 Å². The third kappa shape index (κ3) is 5.59. The molecule has 1 saturated carbocycles. The summed E-state index contributed by atoms with van der Waals surface area (Å²) in [5, 5.41) is 6.15. The molecule has 35 heavy (non-hydrogen) atoms. The van der Waals surface area contributed by atoms with Gasteiger partial charge >= 0.3 is 0 Å². The molecule has 2 aliphatic heterocycles. The van der Waals surface area contributed by atoms with Gasteiger partial charge in [-0.3, -0.25) is 14.4 Å². The topological polar surface area (TPSA) is 90.9 Å². The Labute approximate surface area is 209 Å². The van der Waals surface area contributed by atoms with E-state index in [1.54, 1.807) is 24.3 Å². The molecule has 2 aromatic rings. The van der Waals surface area contributed by atoms with Crippen molar-refractivity contribution in [3.63, 3.8) is 0 Å². The Kier molecular flexibility index (Phi) is 6.90. The Morgan fingerprint density at radius 1 is 1.03 bits per heavy atom. The Hall–Kier alpha value is -3.13. The number of benzene rings is 2. The van der Waals surface area contributed by atoms with Crippen LogP contribution in [-0.4, -0.2) is 52.7 Å². The second kappa shape index (κ2) is 10.2. The molecule has 2 N–H and O–H groups in total. The number of nitrogens with one attached hydrogen (secondary N) is 2. The van der Waals surface area contributed by atoms with Crippen molar-refractivity contribution in [3.8, 4) is 0 Å². The molecule has 3 amide bonds. The summed E-state index contributed by atoms with van der Waals surface area (Å²) in [4.78, 5) is 44.2. The normalized spacial score (nSPS) is 20.8. The highest BCUT2D eigenvalue weighted by atomic mass is 32.2. The molecular weight excluding hydrogens is 460 g/mol. The number of amidine groups is 1. The molecule has 1 atom stereocenters. The zero-order chi connectivity index (χ0) is 24.3. The summed E-state index contributed by atoms with van der Waals surface area (Å²) >= 11 is 1.39. The van der Waals surface area contributed by atoms with Crippen LogP contribution in [0, 0.1) is 0 Å². The smallest absolute Gasteiger partial charge is 0.262 e. The maximum atomic E-state index is 12.8. The SMILES string of the molecule is O=C(C[C@H]1SC(N2CCCCC2)=NC1=O)Nc1cccc(C(=O)NCC2(c3ccccc3)CC2)c1. The fourth-order valence-electron chi connectivity index (χ4n) is 4.71. The molecule has 0 spiro atoms. The Bertz CT molecular complexity index is 1140. The molecule has 0 unspecified atom stereocenters. The zero-order valence-electron chi connectivity index (χ0n) is 19.7. The maximum absolute atomic E-state index is 12.8. The van der Waals surface area contributed by atoms with Gasteiger partial charge in [0.15, 0.2) is 5.17 Å². The van der Waals surface area contributed by atoms with E-state index in [1.807, 2.05) is 18.2 Å². The molecule has 5 rings (SSSR count). The van der Waals surface area contributed by atoms with E-state index in [4.69, 9.17) is 0 Å². The molecule has 2 heterocycles. The predicted molar refractivity (Wildman–Crippen MR) is 139 cm³/mol. The van der Waals surface area contributed by atoms with Crippen molar-refractivity contribution < 1.29 is 14.4 Å². The summed E-state index contributed by atoms with van der Waals surface area (Å²) in [6, 6.07) is 17.2. The summed E-state index contributed by atoms with van der Waals surface area (Å²) in [7, 11) is 0. The van der Waals surface area contributed by atoms with Crippen LogP contribution in [0.1, 0.15) is 54.4 Å². The molecule has 182 valence electrons. The average molecular weight is 491 g/mol. The number of piperidine rings is 1. The minimum atomic E-state index is -0.494. The predicted octanol–water partition coefficient (Wildman–Crippen LogP) is 3.96. The number of aliphatic imine (C=N–C) groups is 1. The highest BCUT2D eigenvalue weighted by Crippen LogP contribution is 2.47. The van der Waals surface area contributed by atoms with Crippen LogP contribution in [0.2, 0.25) is 0 Å². The van der Waals surface area contributed by atoms with Gasteiger partial charge in [-0.15, -0.1) is 0 Å². The van der Waals surface area contributed by atoms with E-state index in [1.165, 1.54) is 23.7 Å². The number of amides is 3. The first-order valence-corrected chi connectivity index (χ1v) is 13.2. The molecule has 1 saturated heterocycles. The molecule has 2 aromatic carbocycles. The summed E-state index contributed by atoms with van der Waals surface area (Å²) in [6.07, 6.45) is 5.61. The Balaban J connectivity index is 1.13. The van der Waals surface area contributed by atoms with Gasteiger partial charge in [0.1, 0.15) is 5.25 Å². The molecule has 0 radical (unpaired) electrons. The first-order chi connectivity index (χ1) is 17.0. The van der Waals surface area contributed by atoms with Gasteiger partial charge < -0.3 is 15.5 Å². The Morgan fingerprint density at radius 3 is 2.54 bits per heavy atom. The fourth-order valence-corrected chi connectivity index (χ4v) is 5.83. The number of anilines is 1. The van der Waals surface area contributed by atoms with E-state index in [2.05, 4.69) is 32.7 Å². The van der Waals surface area contributed by atoms with Crippen LogP contribution in [0.15, 0.2) is 59.6 Å². The van der Waals surface area contributed by atoms with Crippen molar-refractivity contribution in [1.29, 1.82) is 0 Å². The van der Waals surface area contributed by atoms with E-state index < -0.39 is 5.25 Å². The first-order valence-electron chi connectivity index (χ1n) is 12.3. The number of thioether (sulfide) groups is 1. The first kappa shape index (κ1) is 23.6. The summed E-state index contributed by atoms with van der Waals surface area (Å²) in [6.45, 7) is 2.42. The van der Waals surface area contributed by atoms with Crippen molar-refractivity contribution in [1.82, 2.24) is 10.2 Å². The number of carbonyl (C=O) groups is 3. The van der Waals surface area contributed by atoms with Crippen LogP contribution in [0.5, 0.6) is 0 Å². The monoisotopic (exact) mass is 490 g/mol. The van der Waals surface area contributed by atoms with Gasteiger partial charge in [0, 0.05) is 42.7 Å². The molecule has 2 fully saturated rings. The van der Waals surface area contributed by atoms with E-state index in [9.17, 15) is 14.4 Å². The van der Waals surface area contributed by atoms with Crippen LogP contribution in [0.25, 0.3) is 0 Å². The fraction of sp³-hybridized carbons (Fsp3) is 0.407. The second-order valence-electron chi connectivity index (χ2n) is 9.55. The van der Waals surface area contributed by atoms with Gasteiger partial charge in [-0.05, 0) is 55.9 Å². The molecule has 1 aliphatic carbocycles. The summed E-state index contributed by atoms with van der Waals surface area (Å²) < 4.78 is 0. The van der Waals surface area contributed by atoms with Gasteiger partial charge in [-0.1, -0.05) is 48.2 Å². The van der Waals surface area contributed by atoms with Crippen molar-refractivity contribution in [2.24, 2.45) is 4.99 Å². The lowest BCUT2D eigenvalue weighted by molar-refractivity contribution is -0.121. The molecule has 0 aromatic heterocycles.